The van der Waals surface area contributed by atoms with Crippen LogP contribution in [0.15, 0.2) is 95.2 Å². The van der Waals surface area contributed by atoms with Gasteiger partial charge in [0.1, 0.15) is 11.4 Å². The summed E-state index contributed by atoms with van der Waals surface area (Å²) in [4.78, 5) is 4.51. The lowest BCUT2D eigenvalue weighted by Gasteiger charge is -2.07. The highest BCUT2D eigenvalue weighted by molar-refractivity contribution is 6.11. The molecule has 4 aromatic carbocycles. The molecule has 0 saturated carbocycles. The third-order valence-electron chi connectivity index (χ3n) is 4.71. The number of fused-ring (bicyclic) bond motifs is 4. The minimum Gasteiger partial charge on any atom is -0.506 e. The number of para-hydroxylation sites is 1. The maximum atomic E-state index is 10.4. The van der Waals surface area contributed by atoms with Gasteiger partial charge in [-0.25, -0.2) is 4.98 Å². The highest BCUT2D eigenvalue weighted by Gasteiger charge is 2.09. The third-order valence-corrected chi connectivity index (χ3v) is 4.71. The van der Waals surface area contributed by atoms with E-state index in [4.69, 9.17) is 0 Å². The van der Waals surface area contributed by atoms with Gasteiger partial charge in [0.05, 0.1) is 5.52 Å². The minimum absolute atomic E-state index is 0.0994. The summed E-state index contributed by atoms with van der Waals surface area (Å²) < 4.78 is 0. The van der Waals surface area contributed by atoms with Gasteiger partial charge in [-0.1, -0.05) is 54.6 Å². The molecule has 1 heterocycles. The molecule has 1 aromatic heterocycles. The van der Waals surface area contributed by atoms with Crippen LogP contribution in [0.2, 0.25) is 0 Å². The quantitative estimate of drug-likeness (QED) is 0.286. The van der Waals surface area contributed by atoms with Crippen molar-refractivity contribution in [3.05, 3.63) is 84.9 Å². The van der Waals surface area contributed by atoms with Crippen LogP contribution in [0.4, 0.5) is 11.5 Å². The molecule has 0 aliphatic carbocycles. The number of aromatic hydroxyl groups is 1. The molecule has 128 valence electrons. The maximum Gasteiger partial charge on any atom is 0.174 e. The molecular formula is C23H15N3O. The zero-order chi connectivity index (χ0) is 18.2. The van der Waals surface area contributed by atoms with Crippen LogP contribution in [-0.4, -0.2) is 10.1 Å². The van der Waals surface area contributed by atoms with Crippen LogP contribution in [0.25, 0.3) is 32.4 Å². The SMILES string of the molecule is Oc1ccc2c(ccc3ccccc32)c1N=Nc1ccc2ccccc2n1. The largest absolute Gasteiger partial charge is 0.506 e. The highest BCUT2D eigenvalue weighted by atomic mass is 16.3. The van der Waals surface area contributed by atoms with Gasteiger partial charge in [0.2, 0.25) is 0 Å². The minimum atomic E-state index is 0.0994. The van der Waals surface area contributed by atoms with Crippen molar-refractivity contribution in [2.75, 3.05) is 0 Å². The number of aromatic nitrogens is 1. The number of pyridine rings is 1. The van der Waals surface area contributed by atoms with Gasteiger partial charge in [0, 0.05) is 10.8 Å². The first-order chi connectivity index (χ1) is 13.3. The van der Waals surface area contributed by atoms with E-state index in [0.29, 0.717) is 11.5 Å². The summed E-state index contributed by atoms with van der Waals surface area (Å²) in [5.41, 5.74) is 1.32. The first-order valence-electron chi connectivity index (χ1n) is 8.70. The van der Waals surface area contributed by atoms with E-state index >= 15 is 0 Å². The van der Waals surface area contributed by atoms with Gasteiger partial charge in [-0.3, -0.25) is 0 Å². The van der Waals surface area contributed by atoms with Crippen LogP contribution in [-0.2, 0) is 0 Å². The zero-order valence-corrected chi connectivity index (χ0v) is 14.4. The van der Waals surface area contributed by atoms with Crippen LogP contribution in [0.1, 0.15) is 0 Å². The molecule has 5 aromatic rings. The molecule has 0 spiro atoms. The third kappa shape index (κ3) is 2.68. The fraction of sp³-hybridized carbons (Fsp3) is 0. The number of azo groups is 1. The zero-order valence-electron chi connectivity index (χ0n) is 14.4. The topological polar surface area (TPSA) is 57.8 Å². The predicted octanol–water partition coefficient (Wildman–Crippen LogP) is 6.66. The molecule has 27 heavy (non-hydrogen) atoms. The van der Waals surface area contributed by atoms with Crippen LogP contribution < -0.4 is 0 Å². The maximum absolute atomic E-state index is 10.4. The number of rotatable bonds is 2. The van der Waals surface area contributed by atoms with Crippen LogP contribution >= 0.6 is 0 Å². The summed E-state index contributed by atoms with van der Waals surface area (Å²) in [6.07, 6.45) is 0. The lowest BCUT2D eigenvalue weighted by Crippen LogP contribution is -1.80. The fourth-order valence-electron chi connectivity index (χ4n) is 3.38. The van der Waals surface area contributed by atoms with Gasteiger partial charge in [0.15, 0.2) is 5.82 Å². The lowest BCUT2D eigenvalue weighted by atomic mass is 10.0. The van der Waals surface area contributed by atoms with E-state index in [-0.39, 0.29) is 5.75 Å². The lowest BCUT2D eigenvalue weighted by molar-refractivity contribution is 0.477. The summed E-state index contributed by atoms with van der Waals surface area (Å²) in [6, 6.07) is 27.4. The van der Waals surface area contributed by atoms with E-state index in [1.54, 1.807) is 6.07 Å². The standard InChI is InChI=1S/C23H15N3O/c27-21-13-12-18-17-7-3-1-5-15(17)9-11-19(18)23(21)26-25-22-14-10-16-6-2-4-8-20(16)24-22/h1-14,27H. The average Bonchev–Trinajstić information content (AvgIpc) is 2.72. The predicted molar refractivity (Wildman–Crippen MR) is 109 cm³/mol. The Balaban J connectivity index is 1.66. The second-order valence-electron chi connectivity index (χ2n) is 6.38. The number of benzene rings is 4. The van der Waals surface area contributed by atoms with Crippen molar-refractivity contribution in [1.29, 1.82) is 0 Å². The second kappa shape index (κ2) is 6.18. The smallest absolute Gasteiger partial charge is 0.174 e. The molecular weight excluding hydrogens is 334 g/mol. The summed E-state index contributed by atoms with van der Waals surface area (Å²) in [5, 5.41) is 24.2. The van der Waals surface area contributed by atoms with E-state index in [1.165, 1.54) is 0 Å². The van der Waals surface area contributed by atoms with Crippen molar-refractivity contribution in [3.8, 4) is 5.75 Å². The number of nitrogens with zero attached hydrogens (tertiary/aromatic N) is 3. The van der Waals surface area contributed by atoms with E-state index in [1.807, 2.05) is 66.7 Å². The van der Waals surface area contributed by atoms with Gasteiger partial charge >= 0.3 is 0 Å². The van der Waals surface area contributed by atoms with E-state index < -0.39 is 0 Å². The van der Waals surface area contributed by atoms with Crippen molar-refractivity contribution >= 4 is 44.0 Å². The van der Waals surface area contributed by atoms with Gasteiger partial charge < -0.3 is 5.11 Å². The highest BCUT2D eigenvalue weighted by Crippen LogP contribution is 2.38. The Morgan fingerprint density at radius 2 is 1.33 bits per heavy atom. The van der Waals surface area contributed by atoms with E-state index in [9.17, 15) is 5.11 Å². The Kier molecular flexibility index (Phi) is 3.54. The molecule has 5 rings (SSSR count). The molecule has 4 heteroatoms. The number of phenolic OH excluding ortho intramolecular Hbond substituents is 1. The van der Waals surface area contributed by atoms with Crippen LogP contribution in [0.5, 0.6) is 5.75 Å². The van der Waals surface area contributed by atoms with Crippen molar-refractivity contribution in [2.24, 2.45) is 10.2 Å². The summed E-state index contributed by atoms with van der Waals surface area (Å²) in [7, 11) is 0. The summed E-state index contributed by atoms with van der Waals surface area (Å²) >= 11 is 0. The number of hydrogen-bond acceptors (Lipinski definition) is 4. The first-order valence-corrected chi connectivity index (χ1v) is 8.70. The van der Waals surface area contributed by atoms with Crippen LogP contribution in [0, 0.1) is 0 Å². The Hall–Kier alpha value is -3.79. The fourth-order valence-corrected chi connectivity index (χ4v) is 3.38. The molecule has 1 N–H and O–H groups in total. The number of hydrogen-bond donors (Lipinski definition) is 1. The van der Waals surface area contributed by atoms with Crippen molar-refractivity contribution in [3.63, 3.8) is 0 Å². The van der Waals surface area contributed by atoms with Gasteiger partial charge in [-0.2, -0.15) is 0 Å². The van der Waals surface area contributed by atoms with Crippen molar-refractivity contribution in [1.82, 2.24) is 4.98 Å². The number of phenols is 1. The van der Waals surface area contributed by atoms with Crippen molar-refractivity contribution in [2.45, 2.75) is 0 Å². The molecule has 0 atom stereocenters. The summed E-state index contributed by atoms with van der Waals surface area (Å²) in [6.45, 7) is 0. The monoisotopic (exact) mass is 349 g/mol. The molecule has 0 fully saturated rings. The Morgan fingerprint density at radius 1 is 0.593 bits per heavy atom. The van der Waals surface area contributed by atoms with E-state index in [2.05, 4.69) is 27.3 Å². The Bertz CT molecular complexity index is 1340. The molecule has 0 bridgehead atoms. The molecule has 0 saturated heterocycles. The van der Waals surface area contributed by atoms with Gasteiger partial charge in [-0.15, -0.1) is 10.2 Å². The summed E-state index contributed by atoms with van der Waals surface area (Å²) in [5.74, 6) is 0.605. The van der Waals surface area contributed by atoms with Gasteiger partial charge in [-0.05, 0) is 46.5 Å². The molecule has 0 amide bonds. The normalized spacial score (nSPS) is 11.7. The molecule has 0 radical (unpaired) electrons. The Morgan fingerprint density at radius 3 is 2.26 bits per heavy atom. The van der Waals surface area contributed by atoms with E-state index in [0.717, 1.165) is 32.4 Å². The first kappa shape index (κ1) is 15.5. The molecule has 0 aliphatic rings. The van der Waals surface area contributed by atoms with Crippen LogP contribution in [0.3, 0.4) is 0 Å². The molecule has 0 aliphatic heterocycles. The second-order valence-corrected chi connectivity index (χ2v) is 6.38. The average molecular weight is 349 g/mol. The Labute approximate surface area is 155 Å². The van der Waals surface area contributed by atoms with Gasteiger partial charge in [0.25, 0.3) is 0 Å². The molecule has 4 nitrogen and oxygen atoms in total. The van der Waals surface area contributed by atoms with Crippen molar-refractivity contribution < 1.29 is 5.11 Å². The molecule has 0 unspecified atom stereocenters.